The second-order valence-corrected chi connectivity index (χ2v) is 3.13. The molecule has 0 fully saturated rings. The standard InChI is InChI=1S/C11H13N3O/c1-2-14-10(11(13)15)9-5-3-4-8(6-9)7-12/h3-6,10,14H,2H2,1H3,(H2,13,15). The Bertz CT molecular complexity index is 395. The van der Waals surface area contributed by atoms with E-state index in [9.17, 15) is 4.79 Å². The van der Waals surface area contributed by atoms with Crippen molar-refractivity contribution in [2.45, 2.75) is 13.0 Å². The maximum absolute atomic E-state index is 11.2. The van der Waals surface area contributed by atoms with Crippen molar-refractivity contribution in [2.75, 3.05) is 6.54 Å². The van der Waals surface area contributed by atoms with Crippen molar-refractivity contribution in [3.8, 4) is 6.07 Å². The van der Waals surface area contributed by atoms with Crippen LogP contribution in [0.1, 0.15) is 24.1 Å². The normalized spacial score (nSPS) is 11.7. The number of nitrogens with one attached hydrogen (secondary N) is 1. The fraction of sp³-hybridized carbons (Fsp3) is 0.273. The maximum Gasteiger partial charge on any atom is 0.239 e. The number of hydrogen-bond donors (Lipinski definition) is 2. The van der Waals surface area contributed by atoms with E-state index in [4.69, 9.17) is 11.0 Å². The van der Waals surface area contributed by atoms with E-state index >= 15 is 0 Å². The summed E-state index contributed by atoms with van der Waals surface area (Å²) in [4.78, 5) is 11.2. The molecule has 1 amide bonds. The zero-order valence-electron chi connectivity index (χ0n) is 8.53. The van der Waals surface area contributed by atoms with E-state index in [1.807, 2.05) is 13.0 Å². The molecule has 1 unspecified atom stereocenters. The van der Waals surface area contributed by atoms with Gasteiger partial charge in [-0.25, -0.2) is 0 Å². The molecule has 0 spiro atoms. The van der Waals surface area contributed by atoms with Crippen LogP contribution in [0, 0.1) is 11.3 Å². The fourth-order valence-corrected chi connectivity index (χ4v) is 1.37. The molecule has 0 aliphatic carbocycles. The Kier molecular flexibility index (Phi) is 3.83. The van der Waals surface area contributed by atoms with E-state index in [1.54, 1.807) is 24.3 Å². The second-order valence-electron chi connectivity index (χ2n) is 3.13. The molecular weight excluding hydrogens is 190 g/mol. The maximum atomic E-state index is 11.2. The van der Waals surface area contributed by atoms with Crippen LogP contribution in [-0.2, 0) is 4.79 Å². The fourth-order valence-electron chi connectivity index (χ4n) is 1.37. The van der Waals surface area contributed by atoms with Crippen LogP contribution in [0.4, 0.5) is 0 Å². The first-order valence-corrected chi connectivity index (χ1v) is 4.71. The number of nitrogens with zero attached hydrogens (tertiary/aromatic N) is 1. The molecule has 0 saturated heterocycles. The molecule has 1 atom stereocenters. The smallest absolute Gasteiger partial charge is 0.239 e. The van der Waals surface area contributed by atoms with Crippen LogP contribution in [0.15, 0.2) is 24.3 Å². The lowest BCUT2D eigenvalue weighted by Gasteiger charge is -2.14. The van der Waals surface area contributed by atoms with Gasteiger partial charge in [-0.15, -0.1) is 0 Å². The summed E-state index contributed by atoms with van der Waals surface area (Å²) in [6.07, 6.45) is 0. The Morgan fingerprint density at radius 3 is 2.93 bits per heavy atom. The van der Waals surface area contributed by atoms with Crippen molar-refractivity contribution < 1.29 is 4.79 Å². The predicted molar refractivity (Wildman–Crippen MR) is 56.8 cm³/mol. The first-order chi connectivity index (χ1) is 7.19. The average molecular weight is 203 g/mol. The zero-order valence-corrected chi connectivity index (χ0v) is 8.53. The van der Waals surface area contributed by atoms with Gasteiger partial charge in [0.2, 0.25) is 5.91 Å². The van der Waals surface area contributed by atoms with Crippen molar-refractivity contribution >= 4 is 5.91 Å². The van der Waals surface area contributed by atoms with Gasteiger partial charge in [-0.3, -0.25) is 4.79 Å². The number of amides is 1. The third-order valence-electron chi connectivity index (χ3n) is 2.04. The molecule has 0 bridgehead atoms. The molecule has 0 aliphatic rings. The summed E-state index contributed by atoms with van der Waals surface area (Å²) in [5.41, 5.74) is 6.51. The summed E-state index contributed by atoms with van der Waals surface area (Å²) in [6.45, 7) is 2.54. The lowest BCUT2D eigenvalue weighted by molar-refractivity contribution is -0.120. The summed E-state index contributed by atoms with van der Waals surface area (Å²) in [7, 11) is 0. The highest BCUT2D eigenvalue weighted by atomic mass is 16.1. The minimum Gasteiger partial charge on any atom is -0.368 e. The number of primary amides is 1. The molecule has 15 heavy (non-hydrogen) atoms. The minimum atomic E-state index is -0.525. The van der Waals surface area contributed by atoms with Crippen LogP contribution in [0.3, 0.4) is 0 Å². The van der Waals surface area contributed by atoms with Crippen molar-refractivity contribution in [3.63, 3.8) is 0 Å². The molecule has 0 aromatic heterocycles. The number of nitriles is 1. The summed E-state index contributed by atoms with van der Waals surface area (Å²) >= 11 is 0. The third kappa shape index (κ3) is 2.79. The van der Waals surface area contributed by atoms with Crippen LogP contribution < -0.4 is 11.1 Å². The molecule has 1 aromatic carbocycles. The average Bonchev–Trinajstić information content (AvgIpc) is 2.25. The summed E-state index contributed by atoms with van der Waals surface area (Å²) in [5.74, 6) is -0.438. The molecule has 0 saturated carbocycles. The lowest BCUT2D eigenvalue weighted by Crippen LogP contribution is -2.33. The van der Waals surface area contributed by atoms with Crippen LogP contribution in [0.25, 0.3) is 0 Å². The zero-order chi connectivity index (χ0) is 11.3. The Morgan fingerprint density at radius 2 is 2.40 bits per heavy atom. The van der Waals surface area contributed by atoms with E-state index < -0.39 is 11.9 Å². The van der Waals surface area contributed by atoms with Gasteiger partial charge >= 0.3 is 0 Å². The van der Waals surface area contributed by atoms with Crippen LogP contribution in [-0.4, -0.2) is 12.5 Å². The van der Waals surface area contributed by atoms with Gasteiger partial charge in [0.1, 0.15) is 6.04 Å². The first kappa shape index (κ1) is 11.2. The molecular formula is C11H13N3O. The van der Waals surface area contributed by atoms with Gasteiger partial charge < -0.3 is 11.1 Å². The highest BCUT2D eigenvalue weighted by Gasteiger charge is 2.16. The monoisotopic (exact) mass is 203 g/mol. The Labute approximate surface area is 88.7 Å². The predicted octanol–water partition coefficient (Wildman–Crippen LogP) is 0.694. The van der Waals surface area contributed by atoms with Crippen molar-refractivity contribution in [1.29, 1.82) is 5.26 Å². The number of hydrogen-bond acceptors (Lipinski definition) is 3. The van der Waals surface area contributed by atoms with Gasteiger partial charge in [0, 0.05) is 0 Å². The molecule has 1 rings (SSSR count). The second kappa shape index (κ2) is 5.13. The molecule has 4 heteroatoms. The SMILES string of the molecule is CCNC(C(N)=O)c1cccc(C#N)c1. The van der Waals surface area contributed by atoms with E-state index in [0.29, 0.717) is 12.1 Å². The van der Waals surface area contributed by atoms with Gasteiger partial charge in [-0.2, -0.15) is 5.26 Å². The van der Waals surface area contributed by atoms with Gasteiger partial charge in [-0.1, -0.05) is 19.1 Å². The van der Waals surface area contributed by atoms with Crippen LogP contribution in [0.5, 0.6) is 0 Å². The molecule has 0 radical (unpaired) electrons. The number of rotatable bonds is 4. The van der Waals surface area contributed by atoms with Gasteiger partial charge in [-0.05, 0) is 24.2 Å². The summed E-state index contributed by atoms with van der Waals surface area (Å²) < 4.78 is 0. The van der Waals surface area contributed by atoms with Crippen molar-refractivity contribution in [3.05, 3.63) is 35.4 Å². The molecule has 1 aromatic rings. The largest absolute Gasteiger partial charge is 0.368 e. The van der Waals surface area contributed by atoms with Crippen LogP contribution in [0.2, 0.25) is 0 Å². The minimum absolute atomic E-state index is 0.438. The van der Waals surface area contributed by atoms with E-state index in [1.165, 1.54) is 0 Å². The molecule has 0 heterocycles. The topological polar surface area (TPSA) is 78.9 Å². The Balaban J connectivity index is 3.01. The molecule has 4 nitrogen and oxygen atoms in total. The molecule has 0 aliphatic heterocycles. The highest BCUT2D eigenvalue weighted by molar-refractivity contribution is 5.81. The van der Waals surface area contributed by atoms with E-state index in [-0.39, 0.29) is 0 Å². The Hall–Kier alpha value is -1.86. The van der Waals surface area contributed by atoms with E-state index in [0.717, 1.165) is 5.56 Å². The highest BCUT2D eigenvalue weighted by Crippen LogP contribution is 2.13. The Morgan fingerprint density at radius 1 is 1.67 bits per heavy atom. The lowest BCUT2D eigenvalue weighted by atomic mass is 10.0. The number of nitrogens with two attached hydrogens (primary N) is 1. The van der Waals surface area contributed by atoms with Crippen molar-refractivity contribution in [2.24, 2.45) is 5.73 Å². The van der Waals surface area contributed by atoms with E-state index in [2.05, 4.69) is 5.32 Å². The molecule has 78 valence electrons. The number of benzene rings is 1. The van der Waals surface area contributed by atoms with Gasteiger partial charge in [0.15, 0.2) is 0 Å². The number of carbonyl (C=O) groups excluding carboxylic acids is 1. The first-order valence-electron chi connectivity index (χ1n) is 4.71. The van der Waals surface area contributed by atoms with Gasteiger partial charge in [0.25, 0.3) is 0 Å². The number of carbonyl (C=O) groups is 1. The van der Waals surface area contributed by atoms with Gasteiger partial charge in [0.05, 0.1) is 11.6 Å². The summed E-state index contributed by atoms with van der Waals surface area (Å²) in [6, 6.07) is 8.37. The van der Waals surface area contributed by atoms with Crippen molar-refractivity contribution in [1.82, 2.24) is 5.32 Å². The third-order valence-corrected chi connectivity index (χ3v) is 2.04. The van der Waals surface area contributed by atoms with Crippen LogP contribution >= 0.6 is 0 Å². The quantitative estimate of drug-likeness (QED) is 0.755. The summed E-state index contributed by atoms with van der Waals surface area (Å²) in [5, 5.41) is 11.7. The molecule has 3 N–H and O–H groups in total. The number of likely N-dealkylation sites (N-methyl/N-ethyl adjacent to an activating group) is 1.